The highest BCUT2D eigenvalue weighted by Crippen LogP contribution is 2.33. The SMILES string of the molecule is Cc1c([N+](=O)[O-])c(OCCCn2nc(Cl)c3cnc(Cl)nc32)nn1C1=CC=CNC1OC(F)F. The molecule has 0 amide bonds. The van der Waals surface area contributed by atoms with Crippen LogP contribution in [0.1, 0.15) is 12.1 Å². The first-order chi connectivity index (χ1) is 16.3. The van der Waals surface area contributed by atoms with Gasteiger partial charge in [-0.2, -0.15) is 18.9 Å². The van der Waals surface area contributed by atoms with Crippen LogP contribution in [0.4, 0.5) is 14.5 Å². The van der Waals surface area contributed by atoms with Crippen molar-refractivity contribution in [2.24, 2.45) is 0 Å². The predicted octanol–water partition coefficient (Wildman–Crippen LogP) is 3.54. The Kier molecular flexibility index (Phi) is 6.90. The number of ether oxygens (including phenoxy) is 2. The molecule has 0 radical (unpaired) electrons. The summed E-state index contributed by atoms with van der Waals surface area (Å²) >= 11 is 11.9. The van der Waals surface area contributed by atoms with Crippen molar-refractivity contribution < 1.29 is 23.2 Å². The van der Waals surface area contributed by atoms with Gasteiger partial charge in [0.25, 0.3) is 0 Å². The maximum absolute atomic E-state index is 12.8. The van der Waals surface area contributed by atoms with E-state index in [1.807, 2.05) is 0 Å². The van der Waals surface area contributed by atoms with E-state index in [1.54, 1.807) is 0 Å². The van der Waals surface area contributed by atoms with Gasteiger partial charge in [0.2, 0.25) is 5.28 Å². The number of hydrogen-bond donors (Lipinski definition) is 1. The summed E-state index contributed by atoms with van der Waals surface area (Å²) in [4.78, 5) is 19.0. The molecule has 0 saturated heterocycles. The van der Waals surface area contributed by atoms with Crippen LogP contribution in [0.15, 0.2) is 24.5 Å². The largest absolute Gasteiger partial charge is 0.472 e. The van der Waals surface area contributed by atoms with Crippen LogP contribution in [0.3, 0.4) is 0 Å². The molecule has 1 unspecified atom stereocenters. The van der Waals surface area contributed by atoms with Gasteiger partial charge in [0.1, 0.15) is 5.69 Å². The monoisotopic (exact) mass is 516 g/mol. The van der Waals surface area contributed by atoms with Crippen molar-refractivity contribution in [3.63, 3.8) is 0 Å². The maximum atomic E-state index is 12.8. The predicted molar refractivity (Wildman–Crippen MR) is 116 cm³/mol. The van der Waals surface area contributed by atoms with Crippen LogP contribution in [0.5, 0.6) is 5.88 Å². The molecule has 0 aliphatic carbocycles. The Labute approximate surface area is 199 Å². The number of allylic oxidation sites excluding steroid dienone is 2. The summed E-state index contributed by atoms with van der Waals surface area (Å²) in [7, 11) is 0. The Balaban J connectivity index is 1.50. The molecule has 0 saturated carbocycles. The first-order valence-electron chi connectivity index (χ1n) is 9.74. The molecule has 0 spiro atoms. The van der Waals surface area contributed by atoms with Crippen molar-refractivity contribution in [2.45, 2.75) is 32.7 Å². The highest BCUT2D eigenvalue weighted by Gasteiger charge is 2.31. The number of nitrogens with one attached hydrogen (secondary N) is 1. The normalized spacial score (nSPS) is 15.6. The van der Waals surface area contributed by atoms with Gasteiger partial charge < -0.3 is 10.1 Å². The number of halogens is 4. The number of aromatic nitrogens is 6. The molecule has 0 aromatic carbocycles. The second kappa shape index (κ2) is 9.87. The smallest absolute Gasteiger partial charge is 0.353 e. The Morgan fingerprint density at radius 3 is 2.88 bits per heavy atom. The third kappa shape index (κ3) is 4.78. The first kappa shape index (κ1) is 23.8. The van der Waals surface area contributed by atoms with Crippen LogP contribution in [-0.4, -0.2) is 53.9 Å². The van der Waals surface area contributed by atoms with Crippen LogP contribution < -0.4 is 10.1 Å². The second-order valence-corrected chi connectivity index (χ2v) is 7.59. The fourth-order valence-corrected chi connectivity index (χ4v) is 3.68. The Morgan fingerprint density at radius 2 is 2.15 bits per heavy atom. The molecule has 0 bridgehead atoms. The number of nitro groups is 1. The third-order valence-corrected chi connectivity index (χ3v) is 5.23. The fraction of sp³-hybridized carbons (Fsp3) is 0.333. The number of aryl methyl sites for hydroxylation is 1. The van der Waals surface area contributed by atoms with Gasteiger partial charge in [-0.15, -0.1) is 5.10 Å². The Bertz CT molecular complexity index is 1290. The van der Waals surface area contributed by atoms with Crippen molar-refractivity contribution in [2.75, 3.05) is 6.61 Å². The minimum Gasteiger partial charge on any atom is -0.472 e. The van der Waals surface area contributed by atoms with Gasteiger partial charge in [0.15, 0.2) is 17.0 Å². The Hall–Kier alpha value is -3.36. The standard InChI is InChI=1S/C18H16Cl2F2N8O4/c1-9-12(30(31)32)16(27-29(9)11-4-2-5-23-15(11)34-18(21)22)33-7-3-6-28-14-10(13(19)26-28)8-24-17(20)25-14/h2,4-5,8,15,18,23H,3,6-7H2,1H3. The van der Waals surface area contributed by atoms with Gasteiger partial charge in [-0.1, -0.05) is 11.6 Å². The minimum absolute atomic E-state index is 0.0310. The summed E-state index contributed by atoms with van der Waals surface area (Å²) in [5.74, 6) is -0.262. The lowest BCUT2D eigenvalue weighted by Gasteiger charge is -2.23. The fourth-order valence-electron chi connectivity index (χ4n) is 3.32. The van der Waals surface area contributed by atoms with Crippen molar-refractivity contribution in [3.8, 4) is 5.88 Å². The van der Waals surface area contributed by atoms with E-state index < -0.39 is 23.5 Å². The summed E-state index contributed by atoms with van der Waals surface area (Å²) in [6.07, 6.45) is 4.95. The van der Waals surface area contributed by atoms with Gasteiger partial charge in [0, 0.05) is 19.2 Å². The lowest BCUT2D eigenvalue weighted by atomic mass is 10.2. The molecule has 4 heterocycles. The zero-order valence-electron chi connectivity index (χ0n) is 17.4. The van der Waals surface area contributed by atoms with E-state index in [4.69, 9.17) is 27.9 Å². The minimum atomic E-state index is -3.07. The summed E-state index contributed by atoms with van der Waals surface area (Å²) < 4.78 is 38.3. The van der Waals surface area contributed by atoms with Gasteiger partial charge in [-0.25, -0.2) is 14.3 Å². The van der Waals surface area contributed by atoms with E-state index in [2.05, 4.69) is 30.2 Å². The summed E-state index contributed by atoms with van der Waals surface area (Å²) in [6.45, 7) is -1.30. The molecule has 180 valence electrons. The van der Waals surface area contributed by atoms with Crippen molar-refractivity contribution in [3.05, 3.63) is 50.8 Å². The third-order valence-electron chi connectivity index (χ3n) is 4.77. The molecule has 3 aromatic heterocycles. The van der Waals surface area contributed by atoms with Crippen LogP contribution in [-0.2, 0) is 11.3 Å². The molecule has 16 heteroatoms. The summed E-state index contributed by atoms with van der Waals surface area (Å²) in [5, 5.41) is 23.3. The molecular weight excluding hydrogens is 501 g/mol. The molecular formula is C18H16Cl2F2N8O4. The molecule has 1 atom stereocenters. The van der Waals surface area contributed by atoms with Crippen LogP contribution in [0, 0.1) is 17.0 Å². The molecule has 34 heavy (non-hydrogen) atoms. The van der Waals surface area contributed by atoms with Crippen molar-refractivity contribution in [1.29, 1.82) is 0 Å². The number of fused-ring (bicyclic) bond motifs is 1. The van der Waals surface area contributed by atoms with Gasteiger partial charge in [-0.05, 0) is 36.9 Å². The number of hydrogen-bond acceptors (Lipinski definition) is 9. The summed E-state index contributed by atoms with van der Waals surface area (Å²) in [6, 6.07) is 0. The van der Waals surface area contributed by atoms with Crippen molar-refractivity contribution >= 4 is 45.6 Å². The second-order valence-electron chi connectivity index (χ2n) is 6.89. The van der Waals surface area contributed by atoms with Crippen molar-refractivity contribution in [1.82, 2.24) is 34.8 Å². The van der Waals surface area contributed by atoms with E-state index in [1.165, 1.54) is 36.2 Å². The van der Waals surface area contributed by atoms with E-state index in [-0.39, 0.29) is 34.3 Å². The van der Waals surface area contributed by atoms with E-state index in [0.29, 0.717) is 24.0 Å². The quantitative estimate of drug-likeness (QED) is 0.196. The lowest BCUT2D eigenvalue weighted by molar-refractivity contribution is -0.386. The molecule has 1 N–H and O–H groups in total. The first-order valence-corrected chi connectivity index (χ1v) is 10.5. The molecule has 12 nitrogen and oxygen atoms in total. The van der Waals surface area contributed by atoms with E-state index >= 15 is 0 Å². The Morgan fingerprint density at radius 1 is 1.35 bits per heavy atom. The molecule has 1 aliphatic heterocycles. The average Bonchev–Trinajstić information content (AvgIpc) is 3.27. The van der Waals surface area contributed by atoms with Crippen LogP contribution in [0.2, 0.25) is 10.4 Å². The highest BCUT2D eigenvalue weighted by atomic mass is 35.5. The molecule has 0 fully saturated rings. The molecule has 1 aliphatic rings. The van der Waals surface area contributed by atoms with Crippen LogP contribution in [0.25, 0.3) is 16.7 Å². The topological polar surface area (TPSA) is 135 Å². The van der Waals surface area contributed by atoms with Crippen LogP contribution >= 0.6 is 23.2 Å². The number of rotatable bonds is 9. The molecule has 4 rings (SSSR count). The highest BCUT2D eigenvalue weighted by molar-refractivity contribution is 6.34. The average molecular weight is 517 g/mol. The van der Waals surface area contributed by atoms with Gasteiger partial charge >= 0.3 is 18.2 Å². The van der Waals surface area contributed by atoms with Gasteiger partial charge in [-0.3, -0.25) is 14.9 Å². The number of dihydropyridines is 1. The lowest BCUT2D eigenvalue weighted by Crippen LogP contribution is -2.35. The summed E-state index contributed by atoms with van der Waals surface area (Å²) in [5.41, 5.74) is 0.263. The van der Waals surface area contributed by atoms with E-state index in [0.717, 1.165) is 4.68 Å². The number of nitrogens with zero attached hydrogens (tertiary/aromatic N) is 7. The number of alkyl halides is 2. The zero-order chi connectivity index (χ0) is 24.4. The van der Waals surface area contributed by atoms with Gasteiger partial charge in [0.05, 0.1) is 22.6 Å². The zero-order valence-corrected chi connectivity index (χ0v) is 18.9. The van der Waals surface area contributed by atoms with E-state index in [9.17, 15) is 18.9 Å². The maximum Gasteiger partial charge on any atom is 0.353 e. The molecule has 3 aromatic rings.